The van der Waals surface area contributed by atoms with Crippen molar-refractivity contribution in [2.24, 2.45) is 0 Å². The predicted octanol–water partition coefficient (Wildman–Crippen LogP) is 2.30. The zero-order valence-electron chi connectivity index (χ0n) is 14.4. The van der Waals surface area contributed by atoms with Crippen LogP contribution in [0.5, 0.6) is 0 Å². The highest BCUT2D eigenvalue weighted by atomic mass is 16.6. The number of amides is 1. The highest BCUT2D eigenvalue weighted by molar-refractivity contribution is 5.68. The van der Waals surface area contributed by atoms with Gasteiger partial charge in [-0.05, 0) is 39.3 Å². The lowest BCUT2D eigenvalue weighted by molar-refractivity contribution is 0.0240. The lowest BCUT2D eigenvalue weighted by Crippen LogP contribution is -2.50. The molecule has 1 unspecified atom stereocenters. The summed E-state index contributed by atoms with van der Waals surface area (Å²) < 4.78 is 5.44. The quantitative estimate of drug-likeness (QED) is 0.861. The summed E-state index contributed by atoms with van der Waals surface area (Å²) in [5.41, 5.74) is 1.99. The van der Waals surface area contributed by atoms with Gasteiger partial charge in [0.25, 0.3) is 0 Å². The van der Waals surface area contributed by atoms with E-state index in [1.165, 1.54) is 5.56 Å². The van der Waals surface area contributed by atoms with Gasteiger partial charge in [0.1, 0.15) is 11.4 Å². The topological polar surface area (TPSA) is 57.7 Å². The van der Waals surface area contributed by atoms with Crippen molar-refractivity contribution in [2.45, 2.75) is 45.9 Å². The van der Waals surface area contributed by atoms with Crippen LogP contribution in [0.2, 0.25) is 0 Å². The minimum atomic E-state index is -0.445. The van der Waals surface area contributed by atoms with E-state index in [2.05, 4.69) is 29.3 Å². The van der Waals surface area contributed by atoms with Gasteiger partial charge >= 0.3 is 6.09 Å². The van der Waals surface area contributed by atoms with Crippen molar-refractivity contribution < 1.29 is 9.53 Å². The molecule has 6 nitrogen and oxygen atoms in total. The van der Waals surface area contributed by atoms with E-state index in [4.69, 9.17) is 9.72 Å². The smallest absolute Gasteiger partial charge is 0.410 e. The zero-order chi connectivity index (χ0) is 16.6. The number of hydrogen-bond donors (Lipinski definition) is 1. The van der Waals surface area contributed by atoms with Crippen molar-refractivity contribution in [2.75, 3.05) is 31.1 Å². The lowest BCUT2D eigenvalue weighted by atomic mass is 10.1. The number of ether oxygens (including phenoxy) is 1. The van der Waals surface area contributed by atoms with Gasteiger partial charge in [0.05, 0.1) is 5.69 Å². The molecule has 0 spiro atoms. The summed E-state index contributed by atoms with van der Waals surface area (Å²) in [7, 11) is 0. The monoisotopic (exact) mass is 318 g/mol. The second kappa shape index (κ2) is 6.00. The highest BCUT2D eigenvalue weighted by Gasteiger charge is 2.27. The maximum atomic E-state index is 12.1. The molecule has 0 aliphatic carbocycles. The third kappa shape index (κ3) is 3.58. The van der Waals surface area contributed by atoms with E-state index in [1.54, 1.807) is 4.90 Å². The standard InChI is InChI=1S/C17H26N4O2/c1-12-13-5-6-15(19-14(13)11-18-12)20-7-9-21(10-8-20)16(22)23-17(2,3)4/h5-6,12,18H,7-11H2,1-4H3. The molecule has 0 saturated carbocycles. The normalized spacial score (nSPS) is 21.3. The molecular formula is C17H26N4O2. The number of nitrogens with one attached hydrogen (secondary N) is 1. The Bertz CT molecular complexity index is 589. The predicted molar refractivity (Wildman–Crippen MR) is 89.5 cm³/mol. The van der Waals surface area contributed by atoms with Gasteiger partial charge < -0.3 is 19.9 Å². The van der Waals surface area contributed by atoms with Crippen LogP contribution in [0.15, 0.2) is 12.1 Å². The van der Waals surface area contributed by atoms with Gasteiger partial charge in [-0.25, -0.2) is 9.78 Å². The summed E-state index contributed by atoms with van der Waals surface area (Å²) in [4.78, 5) is 20.9. The van der Waals surface area contributed by atoms with Crippen LogP contribution in [-0.2, 0) is 11.3 Å². The van der Waals surface area contributed by atoms with Crippen molar-refractivity contribution in [1.29, 1.82) is 0 Å². The number of pyridine rings is 1. The SMILES string of the molecule is CC1NCc2nc(N3CCN(C(=O)OC(C)(C)C)CC3)ccc21. The fourth-order valence-electron chi connectivity index (χ4n) is 3.02. The summed E-state index contributed by atoms with van der Waals surface area (Å²) in [6.45, 7) is 11.6. The minimum absolute atomic E-state index is 0.225. The summed E-state index contributed by atoms with van der Waals surface area (Å²) in [6.07, 6.45) is -0.225. The Kier molecular flexibility index (Phi) is 4.19. The van der Waals surface area contributed by atoms with Crippen molar-refractivity contribution >= 4 is 11.9 Å². The van der Waals surface area contributed by atoms with Crippen LogP contribution in [0, 0.1) is 0 Å². The van der Waals surface area contributed by atoms with E-state index in [1.807, 2.05) is 20.8 Å². The molecule has 1 fully saturated rings. The first-order chi connectivity index (χ1) is 10.8. The van der Waals surface area contributed by atoms with Gasteiger partial charge in [0, 0.05) is 38.8 Å². The molecule has 0 bridgehead atoms. The second-order valence-corrected chi connectivity index (χ2v) is 7.26. The Balaban J connectivity index is 1.60. The molecule has 3 heterocycles. The first-order valence-electron chi connectivity index (χ1n) is 8.29. The Labute approximate surface area is 137 Å². The van der Waals surface area contributed by atoms with Gasteiger partial charge in [-0.2, -0.15) is 0 Å². The van der Waals surface area contributed by atoms with E-state index in [0.29, 0.717) is 19.1 Å². The largest absolute Gasteiger partial charge is 0.444 e. The summed E-state index contributed by atoms with van der Waals surface area (Å²) >= 11 is 0. The average molecular weight is 318 g/mol. The van der Waals surface area contributed by atoms with Crippen molar-refractivity contribution in [3.05, 3.63) is 23.4 Å². The van der Waals surface area contributed by atoms with Crippen LogP contribution in [0.4, 0.5) is 10.6 Å². The molecule has 2 aliphatic rings. The van der Waals surface area contributed by atoms with Crippen LogP contribution in [0.25, 0.3) is 0 Å². The van der Waals surface area contributed by atoms with Crippen LogP contribution in [0.3, 0.4) is 0 Å². The molecule has 2 aliphatic heterocycles. The number of anilines is 1. The van der Waals surface area contributed by atoms with Gasteiger partial charge in [-0.15, -0.1) is 0 Å². The molecule has 1 atom stereocenters. The van der Waals surface area contributed by atoms with E-state index in [0.717, 1.165) is 31.1 Å². The van der Waals surface area contributed by atoms with Crippen molar-refractivity contribution in [3.8, 4) is 0 Å². The fraction of sp³-hybridized carbons (Fsp3) is 0.647. The third-order valence-electron chi connectivity index (χ3n) is 4.29. The van der Waals surface area contributed by atoms with Crippen LogP contribution >= 0.6 is 0 Å². The number of carbonyl (C=O) groups is 1. The van der Waals surface area contributed by atoms with Crippen molar-refractivity contribution in [3.63, 3.8) is 0 Å². The minimum Gasteiger partial charge on any atom is -0.444 e. The number of hydrogen-bond acceptors (Lipinski definition) is 5. The van der Waals surface area contributed by atoms with Crippen LogP contribution < -0.4 is 10.2 Å². The first kappa shape index (κ1) is 16.1. The van der Waals surface area contributed by atoms with Gasteiger partial charge in [0.15, 0.2) is 0 Å². The molecule has 1 N–H and O–H groups in total. The van der Waals surface area contributed by atoms with E-state index >= 15 is 0 Å². The second-order valence-electron chi connectivity index (χ2n) is 7.26. The molecular weight excluding hydrogens is 292 g/mol. The van der Waals surface area contributed by atoms with E-state index in [9.17, 15) is 4.79 Å². The molecule has 23 heavy (non-hydrogen) atoms. The molecule has 1 aromatic heterocycles. The number of piperazine rings is 1. The van der Waals surface area contributed by atoms with Crippen LogP contribution in [0.1, 0.15) is 45.0 Å². The first-order valence-corrected chi connectivity index (χ1v) is 8.29. The van der Waals surface area contributed by atoms with Gasteiger partial charge in [0.2, 0.25) is 0 Å². The Morgan fingerprint density at radius 1 is 1.26 bits per heavy atom. The summed E-state index contributed by atoms with van der Waals surface area (Å²) in [5.74, 6) is 1.00. The van der Waals surface area contributed by atoms with E-state index in [-0.39, 0.29) is 6.09 Å². The molecule has 1 saturated heterocycles. The summed E-state index contributed by atoms with van der Waals surface area (Å²) in [6, 6.07) is 4.64. The molecule has 0 radical (unpaired) electrons. The summed E-state index contributed by atoms with van der Waals surface area (Å²) in [5, 5.41) is 3.41. The Morgan fingerprint density at radius 3 is 2.61 bits per heavy atom. The number of nitrogens with zero attached hydrogens (tertiary/aromatic N) is 3. The lowest BCUT2D eigenvalue weighted by Gasteiger charge is -2.36. The fourth-order valence-corrected chi connectivity index (χ4v) is 3.02. The molecule has 1 amide bonds. The maximum absolute atomic E-state index is 12.1. The number of aromatic nitrogens is 1. The number of fused-ring (bicyclic) bond motifs is 1. The number of rotatable bonds is 1. The Morgan fingerprint density at radius 2 is 1.96 bits per heavy atom. The molecule has 126 valence electrons. The van der Waals surface area contributed by atoms with Crippen molar-refractivity contribution in [1.82, 2.24) is 15.2 Å². The van der Waals surface area contributed by atoms with Crippen LogP contribution in [-0.4, -0.2) is 47.8 Å². The Hall–Kier alpha value is -1.82. The highest BCUT2D eigenvalue weighted by Crippen LogP contribution is 2.26. The molecule has 0 aromatic carbocycles. The van der Waals surface area contributed by atoms with E-state index < -0.39 is 5.60 Å². The molecule has 3 rings (SSSR count). The van der Waals surface area contributed by atoms with Gasteiger partial charge in [-0.3, -0.25) is 0 Å². The average Bonchev–Trinajstić information content (AvgIpc) is 2.87. The van der Waals surface area contributed by atoms with Gasteiger partial charge in [-0.1, -0.05) is 6.07 Å². The molecule has 6 heteroatoms. The third-order valence-corrected chi connectivity index (χ3v) is 4.29. The molecule has 1 aromatic rings. The maximum Gasteiger partial charge on any atom is 0.410 e. The number of carbonyl (C=O) groups excluding carboxylic acids is 1. The zero-order valence-corrected chi connectivity index (χ0v) is 14.4.